The molecular formula is C7H9N5S. The fourth-order valence-electron chi connectivity index (χ4n) is 0.714. The van der Waals surface area contributed by atoms with Crippen molar-refractivity contribution < 1.29 is 0 Å². The highest BCUT2D eigenvalue weighted by Gasteiger charge is 1.95. The van der Waals surface area contributed by atoms with E-state index >= 15 is 0 Å². The summed E-state index contributed by atoms with van der Waals surface area (Å²) in [4.78, 5) is 10.6. The number of nitrogens with one attached hydrogen (secondary N) is 3. The van der Waals surface area contributed by atoms with Gasteiger partial charge in [0, 0.05) is 0 Å². The molecule has 0 aliphatic carbocycles. The largest absolute Gasteiger partial charge is 0.333 e. The van der Waals surface area contributed by atoms with Crippen molar-refractivity contribution >= 4 is 24.1 Å². The van der Waals surface area contributed by atoms with Gasteiger partial charge in [0.05, 0.1) is 0 Å². The van der Waals surface area contributed by atoms with Crippen LogP contribution in [0.2, 0.25) is 0 Å². The van der Waals surface area contributed by atoms with E-state index in [1.54, 1.807) is 0 Å². The molecule has 0 fully saturated rings. The van der Waals surface area contributed by atoms with Crippen molar-refractivity contribution in [1.29, 1.82) is 0 Å². The lowest BCUT2D eigenvalue weighted by atomic mass is 10.8. The first kappa shape index (κ1) is 9.40. The molecule has 0 unspecified atom stereocenters. The summed E-state index contributed by atoms with van der Waals surface area (Å²) in [6, 6.07) is 0. The van der Waals surface area contributed by atoms with Crippen LogP contribution < -0.4 is 10.6 Å². The highest BCUT2D eigenvalue weighted by atomic mass is 32.1. The molecule has 0 aliphatic rings. The van der Waals surface area contributed by atoms with E-state index in [1.807, 2.05) is 0 Å². The van der Waals surface area contributed by atoms with Gasteiger partial charge in [-0.1, -0.05) is 13.2 Å². The lowest BCUT2D eigenvalue weighted by molar-refractivity contribution is 1.04. The minimum Gasteiger partial charge on any atom is -0.333 e. The van der Waals surface area contributed by atoms with Gasteiger partial charge in [0.25, 0.3) is 0 Å². The van der Waals surface area contributed by atoms with Crippen molar-refractivity contribution in [1.82, 2.24) is 15.0 Å². The Morgan fingerprint density at radius 2 is 1.62 bits per heavy atom. The lowest BCUT2D eigenvalue weighted by Crippen LogP contribution is -2.01. The van der Waals surface area contributed by atoms with Gasteiger partial charge < -0.3 is 10.6 Å². The molecule has 0 aliphatic heterocycles. The molecule has 1 heterocycles. The minimum absolute atomic E-state index is 0.243. The number of anilines is 2. The van der Waals surface area contributed by atoms with Crippen LogP contribution in [-0.2, 0) is 0 Å². The van der Waals surface area contributed by atoms with Crippen LogP contribution in [0, 0.1) is 4.77 Å². The number of rotatable bonds is 4. The van der Waals surface area contributed by atoms with Gasteiger partial charge in [-0.05, 0) is 24.6 Å². The third-order valence-corrected chi connectivity index (χ3v) is 1.31. The molecule has 1 aromatic rings. The third kappa shape index (κ3) is 2.68. The topological polar surface area (TPSA) is 65.6 Å². The molecule has 0 saturated carbocycles. The zero-order valence-corrected chi connectivity index (χ0v) is 7.69. The molecule has 0 radical (unpaired) electrons. The van der Waals surface area contributed by atoms with Crippen molar-refractivity contribution in [3.8, 4) is 0 Å². The fraction of sp³-hybridized carbons (Fsp3) is 0. The molecule has 3 N–H and O–H groups in total. The smallest absolute Gasteiger partial charge is 0.225 e. The Bertz CT molecular complexity index is 338. The molecular weight excluding hydrogens is 186 g/mol. The highest BCUT2D eigenvalue weighted by Crippen LogP contribution is 2.02. The molecule has 13 heavy (non-hydrogen) atoms. The first-order valence-corrected chi connectivity index (χ1v) is 3.90. The summed E-state index contributed by atoms with van der Waals surface area (Å²) in [6.07, 6.45) is 2.98. The zero-order valence-electron chi connectivity index (χ0n) is 6.87. The average Bonchev–Trinajstić information content (AvgIpc) is 2.04. The molecule has 68 valence electrons. The van der Waals surface area contributed by atoms with Crippen molar-refractivity contribution in [2.75, 3.05) is 10.6 Å². The van der Waals surface area contributed by atoms with Crippen LogP contribution in [0.1, 0.15) is 0 Å². The number of hydrogen-bond acceptors (Lipinski definition) is 5. The second-order valence-electron chi connectivity index (χ2n) is 2.03. The van der Waals surface area contributed by atoms with Crippen molar-refractivity contribution in [3.05, 3.63) is 30.3 Å². The molecule has 0 spiro atoms. The average molecular weight is 195 g/mol. The SMILES string of the molecule is C=CNc1nc(=S)nc(NC=C)[nH]1. The van der Waals surface area contributed by atoms with Crippen molar-refractivity contribution in [2.24, 2.45) is 0 Å². The highest BCUT2D eigenvalue weighted by molar-refractivity contribution is 7.71. The van der Waals surface area contributed by atoms with Gasteiger partial charge >= 0.3 is 0 Å². The number of nitrogens with zero attached hydrogens (tertiary/aromatic N) is 2. The number of hydrogen-bond donors (Lipinski definition) is 3. The predicted octanol–water partition coefficient (Wildman–Crippen LogP) is 1.64. The maximum absolute atomic E-state index is 4.82. The molecule has 0 saturated heterocycles. The molecule has 6 heteroatoms. The van der Waals surface area contributed by atoms with Crippen LogP contribution in [0.25, 0.3) is 0 Å². The van der Waals surface area contributed by atoms with E-state index in [4.69, 9.17) is 12.2 Å². The second kappa shape index (κ2) is 4.36. The van der Waals surface area contributed by atoms with Crippen LogP contribution >= 0.6 is 12.2 Å². The van der Waals surface area contributed by atoms with E-state index < -0.39 is 0 Å². The minimum atomic E-state index is 0.243. The number of aromatic nitrogens is 3. The fourth-order valence-corrected chi connectivity index (χ4v) is 0.897. The summed E-state index contributed by atoms with van der Waals surface area (Å²) in [5.74, 6) is 0.971. The Balaban J connectivity index is 3.02. The summed E-state index contributed by atoms with van der Waals surface area (Å²) in [6.45, 7) is 6.99. The van der Waals surface area contributed by atoms with Gasteiger partial charge in [-0.25, -0.2) is 0 Å². The van der Waals surface area contributed by atoms with E-state index in [0.717, 1.165) is 0 Å². The molecule has 0 amide bonds. The van der Waals surface area contributed by atoms with Crippen LogP contribution in [0.4, 0.5) is 11.9 Å². The molecule has 1 aromatic heterocycles. The van der Waals surface area contributed by atoms with E-state index in [-0.39, 0.29) is 4.77 Å². The Labute approximate surface area is 80.6 Å². The quantitative estimate of drug-likeness (QED) is 0.637. The van der Waals surface area contributed by atoms with Crippen molar-refractivity contribution in [2.45, 2.75) is 0 Å². The summed E-state index contributed by atoms with van der Waals surface area (Å²) >= 11 is 4.82. The van der Waals surface area contributed by atoms with E-state index in [2.05, 4.69) is 38.7 Å². The molecule has 5 nitrogen and oxygen atoms in total. The van der Waals surface area contributed by atoms with E-state index in [0.29, 0.717) is 11.9 Å². The van der Waals surface area contributed by atoms with Crippen LogP contribution in [0.5, 0.6) is 0 Å². The maximum atomic E-state index is 4.82. The van der Waals surface area contributed by atoms with Gasteiger partial charge in [-0.2, -0.15) is 9.97 Å². The molecule has 1 rings (SSSR count). The normalized spacial score (nSPS) is 8.92. The first-order valence-electron chi connectivity index (χ1n) is 3.49. The standard InChI is InChI=1S/C7H9N5S/c1-3-8-5-10-6(9-4-2)12-7(13)11-5/h3-4H,1-2H2,(H3,8,9,10,11,12,13). The Morgan fingerprint density at radius 3 is 2.00 bits per heavy atom. The predicted molar refractivity (Wildman–Crippen MR) is 54.9 cm³/mol. The zero-order chi connectivity index (χ0) is 9.68. The summed E-state index contributed by atoms with van der Waals surface area (Å²) < 4.78 is 0.243. The van der Waals surface area contributed by atoms with Crippen LogP contribution in [0.3, 0.4) is 0 Å². The number of H-pyrrole nitrogens is 1. The Hall–Kier alpha value is -1.69. The van der Waals surface area contributed by atoms with Gasteiger partial charge in [0.2, 0.25) is 16.7 Å². The molecule has 0 bridgehead atoms. The van der Waals surface area contributed by atoms with Crippen molar-refractivity contribution in [3.63, 3.8) is 0 Å². The monoisotopic (exact) mass is 195 g/mol. The Morgan fingerprint density at radius 1 is 1.15 bits per heavy atom. The summed E-state index contributed by atoms with van der Waals surface area (Å²) in [5, 5.41) is 5.53. The van der Waals surface area contributed by atoms with Gasteiger partial charge in [0.15, 0.2) is 0 Å². The Kier molecular flexibility index (Phi) is 3.15. The molecule has 0 atom stereocenters. The maximum Gasteiger partial charge on any atom is 0.225 e. The van der Waals surface area contributed by atoms with Gasteiger partial charge in [0.1, 0.15) is 0 Å². The van der Waals surface area contributed by atoms with Crippen LogP contribution in [-0.4, -0.2) is 15.0 Å². The van der Waals surface area contributed by atoms with E-state index in [1.165, 1.54) is 12.4 Å². The first-order chi connectivity index (χ1) is 6.26. The lowest BCUT2D eigenvalue weighted by Gasteiger charge is -2.02. The number of aromatic amines is 1. The summed E-state index contributed by atoms with van der Waals surface area (Å²) in [5.41, 5.74) is 0. The second-order valence-corrected chi connectivity index (χ2v) is 2.39. The van der Waals surface area contributed by atoms with Gasteiger partial charge in [-0.15, -0.1) is 0 Å². The van der Waals surface area contributed by atoms with Gasteiger partial charge in [-0.3, -0.25) is 4.98 Å². The molecule has 0 aromatic carbocycles. The summed E-state index contributed by atoms with van der Waals surface area (Å²) in [7, 11) is 0. The van der Waals surface area contributed by atoms with Crippen LogP contribution in [0.15, 0.2) is 25.6 Å². The third-order valence-electron chi connectivity index (χ3n) is 1.13. The van der Waals surface area contributed by atoms with E-state index in [9.17, 15) is 0 Å².